The molecule has 4 heteroatoms. The largest absolute Gasteiger partial charge is 0.495 e. The smallest absolute Gasteiger partial charge is 0.230 e. The molecule has 1 amide bonds. The highest BCUT2D eigenvalue weighted by atomic mass is 16.5. The molecule has 0 bridgehead atoms. The van der Waals surface area contributed by atoms with Crippen LogP contribution in [0.15, 0.2) is 18.2 Å². The number of ketones is 1. The highest BCUT2D eigenvalue weighted by Gasteiger charge is 2.32. The van der Waals surface area contributed by atoms with E-state index in [9.17, 15) is 9.59 Å². The maximum absolute atomic E-state index is 12.7. The van der Waals surface area contributed by atoms with E-state index in [4.69, 9.17) is 4.74 Å². The van der Waals surface area contributed by atoms with Gasteiger partial charge in [-0.2, -0.15) is 0 Å². The van der Waals surface area contributed by atoms with Crippen molar-refractivity contribution in [1.82, 2.24) is 0 Å². The lowest BCUT2D eigenvalue weighted by atomic mass is 9.95. The molecular weight excluding hydrogens is 254 g/mol. The molecular formula is C16H21NO3. The number of ether oxygens (including phenoxy) is 1. The lowest BCUT2D eigenvalue weighted by molar-refractivity contribution is -0.122. The van der Waals surface area contributed by atoms with Crippen molar-refractivity contribution < 1.29 is 14.3 Å². The molecule has 0 unspecified atom stereocenters. The van der Waals surface area contributed by atoms with Crippen molar-refractivity contribution >= 4 is 17.4 Å². The fraction of sp³-hybridized carbons (Fsp3) is 0.500. The van der Waals surface area contributed by atoms with Gasteiger partial charge in [0.15, 0.2) is 5.78 Å². The van der Waals surface area contributed by atoms with Gasteiger partial charge in [-0.05, 0) is 25.0 Å². The zero-order valence-corrected chi connectivity index (χ0v) is 12.3. The topological polar surface area (TPSA) is 46.6 Å². The van der Waals surface area contributed by atoms with E-state index in [1.165, 1.54) is 0 Å². The van der Waals surface area contributed by atoms with Crippen molar-refractivity contribution in [3.05, 3.63) is 23.8 Å². The molecule has 0 aromatic heterocycles. The van der Waals surface area contributed by atoms with E-state index in [2.05, 4.69) is 0 Å². The fourth-order valence-electron chi connectivity index (χ4n) is 2.73. The second-order valence-electron chi connectivity index (χ2n) is 5.03. The van der Waals surface area contributed by atoms with Crippen molar-refractivity contribution in [1.29, 1.82) is 0 Å². The van der Waals surface area contributed by atoms with Crippen molar-refractivity contribution in [2.45, 2.75) is 33.1 Å². The Morgan fingerprint density at radius 3 is 2.65 bits per heavy atom. The van der Waals surface area contributed by atoms with E-state index in [1.807, 2.05) is 13.8 Å². The molecule has 0 spiro atoms. The molecule has 4 nitrogen and oxygen atoms in total. The van der Waals surface area contributed by atoms with Gasteiger partial charge in [-0.3, -0.25) is 9.59 Å². The van der Waals surface area contributed by atoms with Gasteiger partial charge in [0.2, 0.25) is 5.91 Å². The molecule has 0 radical (unpaired) electrons. The molecule has 1 aromatic carbocycles. The summed E-state index contributed by atoms with van der Waals surface area (Å²) in [6, 6.07) is 5.36. The summed E-state index contributed by atoms with van der Waals surface area (Å²) in [6.45, 7) is 4.48. The molecule has 0 saturated heterocycles. The third-order valence-corrected chi connectivity index (χ3v) is 3.95. The second kappa shape index (κ2) is 6.07. The molecule has 1 aromatic rings. The minimum atomic E-state index is 0.000893. The number of carbonyl (C=O) groups excluding carboxylic acids is 2. The minimum Gasteiger partial charge on any atom is -0.495 e. The number of hydrogen-bond acceptors (Lipinski definition) is 3. The molecule has 108 valence electrons. The zero-order chi connectivity index (χ0) is 14.7. The van der Waals surface area contributed by atoms with Crippen LogP contribution in [0.25, 0.3) is 0 Å². The zero-order valence-electron chi connectivity index (χ0n) is 12.3. The number of benzene rings is 1. The molecule has 0 N–H and O–H groups in total. The molecule has 0 aliphatic carbocycles. The number of nitrogens with zero attached hydrogens (tertiary/aromatic N) is 1. The second-order valence-corrected chi connectivity index (χ2v) is 5.03. The Bertz CT molecular complexity index is 520. The molecule has 1 heterocycles. The number of hydrogen-bond donors (Lipinski definition) is 0. The first-order chi connectivity index (χ1) is 9.63. The van der Waals surface area contributed by atoms with Crippen LogP contribution in [0.5, 0.6) is 5.75 Å². The van der Waals surface area contributed by atoms with Crippen LogP contribution in [0.3, 0.4) is 0 Å². The van der Waals surface area contributed by atoms with Gasteiger partial charge in [0, 0.05) is 24.4 Å². The number of rotatable bonds is 4. The van der Waals surface area contributed by atoms with E-state index in [0.29, 0.717) is 30.0 Å². The first kappa shape index (κ1) is 14.6. The van der Waals surface area contributed by atoms with Crippen molar-refractivity contribution in [2.24, 2.45) is 5.92 Å². The molecule has 20 heavy (non-hydrogen) atoms. The predicted molar refractivity (Wildman–Crippen MR) is 78.4 cm³/mol. The number of amides is 1. The predicted octanol–water partition coefficient (Wildman–Crippen LogP) is 3.05. The van der Waals surface area contributed by atoms with Gasteiger partial charge in [-0.25, -0.2) is 0 Å². The van der Waals surface area contributed by atoms with Gasteiger partial charge in [0.05, 0.1) is 12.8 Å². The lowest BCUT2D eigenvalue weighted by Gasteiger charge is -2.32. The number of methoxy groups -OCH3 is 1. The number of carbonyl (C=O) groups is 2. The Labute approximate surface area is 119 Å². The van der Waals surface area contributed by atoms with E-state index in [-0.39, 0.29) is 17.6 Å². The van der Waals surface area contributed by atoms with Gasteiger partial charge in [0.1, 0.15) is 5.75 Å². The van der Waals surface area contributed by atoms with Crippen LogP contribution in [-0.4, -0.2) is 25.3 Å². The molecule has 0 atom stereocenters. The highest BCUT2D eigenvalue weighted by molar-refractivity contribution is 6.10. The minimum absolute atomic E-state index is 0.000893. The number of anilines is 1. The summed E-state index contributed by atoms with van der Waals surface area (Å²) in [7, 11) is 1.56. The van der Waals surface area contributed by atoms with Gasteiger partial charge >= 0.3 is 0 Å². The summed E-state index contributed by atoms with van der Waals surface area (Å²) in [4.78, 5) is 26.4. The molecule has 1 aliphatic rings. The van der Waals surface area contributed by atoms with E-state index in [1.54, 1.807) is 30.2 Å². The Balaban J connectivity index is 2.47. The monoisotopic (exact) mass is 275 g/mol. The first-order valence-corrected chi connectivity index (χ1v) is 7.15. The standard InChI is InChI=1S/C16H21NO3/c1-4-11(5-2)16(19)17-10-9-13(18)12-7-6-8-14(20-3)15(12)17/h6-8,11H,4-5,9-10H2,1-3H3. The van der Waals surface area contributed by atoms with Crippen molar-refractivity contribution in [2.75, 3.05) is 18.6 Å². The van der Waals surface area contributed by atoms with Crippen LogP contribution in [-0.2, 0) is 4.79 Å². The highest BCUT2D eigenvalue weighted by Crippen LogP contribution is 2.37. The average Bonchev–Trinajstić information content (AvgIpc) is 2.48. The summed E-state index contributed by atoms with van der Waals surface area (Å²) in [5.41, 5.74) is 1.23. The maximum Gasteiger partial charge on any atom is 0.230 e. The number of fused-ring (bicyclic) bond motifs is 1. The molecule has 1 aliphatic heterocycles. The quantitative estimate of drug-likeness (QED) is 0.848. The van der Waals surface area contributed by atoms with Crippen molar-refractivity contribution in [3.63, 3.8) is 0 Å². The van der Waals surface area contributed by atoms with Crippen LogP contribution in [0.1, 0.15) is 43.5 Å². The van der Waals surface area contributed by atoms with E-state index < -0.39 is 0 Å². The summed E-state index contributed by atoms with van der Waals surface area (Å²) in [6.07, 6.45) is 2.00. The molecule has 2 rings (SSSR count). The summed E-state index contributed by atoms with van der Waals surface area (Å²) < 4.78 is 5.34. The van der Waals surface area contributed by atoms with Crippen LogP contribution in [0, 0.1) is 5.92 Å². The Kier molecular flexibility index (Phi) is 4.42. The maximum atomic E-state index is 12.7. The average molecular weight is 275 g/mol. The van der Waals surface area contributed by atoms with Gasteiger partial charge in [-0.1, -0.05) is 19.9 Å². The lowest BCUT2D eigenvalue weighted by Crippen LogP contribution is -2.41. The van der Waals surface area contributed by atoms with Crippen LogP contribution >= 0.6 is 0 Å². The van der Waals surface area contributed by atoms with Gasteiger partial charge < -0.3 is 9.64 Å². The third kappa shape index (κ3) is 2.42. The molecule has 0 fully saturated rings. The van der Waals surface area contributed by atoms with Crippen LogP contribution in [0.4, 0.5) is 5.69 Å². The Morgan fingerprint density at radius 1 is 1.35 bits per heavy atom. The van der Waals surface area contributed by atoms with E-state index >= 15 is 0 Å². The number of Topliss-reactive ketones (excluding diaryl/α,β-unsaturated/α-hetero) is 1. The first-order valence-electron chi connectivity index (χ1n) is 7.15. The van der Waals surface area contributed by atoms with E-state index in [0.717, 1.165) is 12.8 Å². The van der Waals surface area contributed by atoms with Crippen LogP contribution < -0.4 is 9.64 Å². The molecule has 0 saturated carbocycles. The van der Waals surface area contributed by atoms with Crippen LogP contribution in [0.2, 0.25) is 0 Å². The summed E-state index contributed by atoms with van der Waals surface area (Å²) in [5, 5.41) is 0. The Morgan fingerprint density at radius 2 is 2.05 bits per heavy atom. The van der Waals surface area contributed by atoms with Crippen molar-refractivity contribution in [3.8, 4) is 5.75 Å². The fourth-order valence-corrected chi connectivity index (χ4v) is 2.73. The van der Waals surface area contributed by atoms with Gasteiger partial charge in [0.25, 0.3) is 0 Å². The SMILES string of the molecule is CCC(CC)C(=O)N1CCC(=O)c2cccc(OC)c21. The summed E-state index contributed by atoms with van der Waals surface area (Å²) >= 11 is 0. The number of para-hydroxylation sites is 1. The normalized spacial score (nSPS) is 14.4. The third-order valence-electron chi connectivity index (χ3n) is 3.95. The Hall–Kier alpha value is -1.84. The summed E-state index contributed by atoms with van der Waals surface area (Å²) in [5.74, 6) is 0.761. The van der Waals surface area contributed by atoms with Gasteiger partial charge in [-0.15, -0.1) is 0 Å².